The van der Waals surface area contributed by atoms with Crippen molar-refractivity contribution in [2.24, 2.45) is 0 Å². The summed E-state index contributed by atoms with van der Waals surface area (Å²) in [4.78, 5) is 41.9. The normalized spacial score (nSPS) is 17.9. The summed E-state index contributed by atoms with van der Waals surface area (Å²) in [5.74, 6) is -0.230. The number of carbonyl (C=O) groups excluding carboxylic acids is 3. The summed E-state index contributed by atoms with van der Waals surface area (Å²) in [6.07, 6.45) is 0.584. The van der Waals surface area contributed by atoms with Gasteiger partial charge in [-0.1, -0.05) is 32.0 Å². The van der Waals surface area contributed by atoms with Crippen LogP contribution in [0.5, 0.6) is 5.75 Å². The molecule has 1 saturated heterocycles. The largest absolute Gasteiger partial charge is 0.488 e. The first-order valence-electron chi connectivity index (χ1n) is 12.1. The van der Waals surface area contributed by atoms with Gasteiger partial charge >= 0.3 is 0 Å². The Labute approximate surface area is 208 Å². The van der Waals surface area contributed by atoms with Crippen molar-refractivity contribution >= 4 is 39.1 Å². The highest BCUT2D eigenvalue weighted by atomic mass is 32.1. The Hall–Kier alpha value is -3.23. The van der Waals surface area contributed by atoms with E-state index in [1.807, 2.05) is 12.1 Å². The van der Waals surface area contributed by atoms with E-state index in [0.717, 1.165) is 30.1 Å². The molecule has 2 aliphatic heterocycles. The molecule has 1 N–H and O–H groups in total. The molecule has 35 heavy (non-hydrogen) atoms. The van der Waals surface area contributed by atoms with Gasteiger partial charge in [-0.25, -0.2) is 0 Å². The minimum atomic E-state index is -0.631. The number of rotatable bonds is 8. The lowest BCUT2D eigenvalue weighted by Gasteiger charge is -2.29. The minimum absolute atomic E-state index is 0.192. The molecular weight excluding hydrogens is 462 g/mol. The monoisotopic (exact) mass is 491 g/mol. The van der Waals surface area contributed by atoms with Crippen LogP contribution in [0, 0.1) is 0 Å². The van der Waals surface area contributed by atoms with Crippen molar-refractivity contribution in [3.05, 3.63) is 64.0 Å². The lowest BCUT2D eigenvalue weighted by atomic mass is 10.0. The number of hydrogen-bond donors (Lipinski definition) is 1. The lowest BCUT2D eigenvalue weighted by Crippen LogP contribution is -2.52. The Morgan fingerprint density at radius 2 is 1.94 bits per heavy atom. The topological polar surface area (TPSA) is 79.0 Å². The number of nitrogens with one attached hydrogen (secondary N) is 1. The number of imide groups is 1. The summed E-state index contributed by atoms with van der Waals surface area (Å²) >= 11 is 1.72. The number of carbonyl (C=O) groups is 3. The second-order valence-corrected chi connectivity index (χ2v) is 10.2. The summed E-state index contributed by atoms with van der Waals surface area (Å²) in [6, 6.07) is 13.6. The number of fused-ring (bicyclic) bond motifs is 2. The summed E-state index contributed by atoms with van der Waals surface area (Å²) in [5, 5.41) is 3.55. The van der Waals surface area contributed by atoms with E-state index >= 15 is 0 Å². The van der Waals surface area contributed by atoms with Crippen molar-refractivity contribution in [2.75, 3.05) is 13.1 Å². The zero-order chi connectivity index (χ0) is 24.5. The van der Waals surface area contributed by atoms with Gasteiger partial charge in [-0.3, -0.25) is 24.6 Å². The van der Waals surface area contributed by atoms with E-state index < -0.39 is 11.9 Å². The zero-order valence-corrected chi connectivity index (χ0v) is 20.8. The highest BCUT2D eigenvalue weighted by molar-refractivity contribution is 7.19. The molecule has 7 nitrogen and oxygen atoms in total. The molecule has 0 aliphatic carbocycles. The number of piperidine rings is 1. The number of ether oxygens (including phenoxy) is 1. The molecule has 0 bridgehead atoms. The molecule has 1 fully saturated rings. The van der Waals surface area contributed by atoms with Gasteiger partial charge in [-0.2, -0.15) is 0 Å². The van der Waals surface area contributed by atoms with Crippen LogP contribution in [0.3, 0.4) is 0 Å². The van der Waals surface area contributed by atoms with Crippen LogP contribution in [0.2, 0.25) is 0 Å². The molecule has 1 aromatic heterocycles. The van der Waals surface area contributed by atoms with Gasteiger partial charge in [0, 0.05) is 33.7 Å². The van der Waals surface area contributed by atoms with Crippen molar-refractivity contribution < 1.29 is 19.1 Å². The second-order valence-electron chi connectivity index (χ2n) is 9.02. The van der Waals surface area contributed by atoms with Crippen molar-refractivity contribution in [1.82, 2.24) is 15.1 Å². The molecule has 8 heteroatoms. The Bertz CT molecular complexity index is 1300. The molecule has 1 atom stereocenters. The molecule has 0 spiro atoms. The SMILES string of the molecule is CCN(CC)Cc1ccc2cc(COc3cccc4c3CN(C3CCC(=O)NC3=O)C4=O)sc2c1. The van der Waals surface area contributed by atoms with Crippen LogP contribution in [0.25, 0.3) is 10.1 Å². The Morgan fingerprint density at radius 3 is 2.71 bits per heavy atom. The van der Waals surface area contributed by atoms with Gasteiger partial charge < -0.3 is 9.64 Å². The molecule has 3 aromatic rings. The Balaban J connectivity index is 1.30. The molecule has 1 unspecified atom stereocenters. The second kappa shape index (κ2) is 9.79. The fourth-order valence-corrected chi connectivity index (χ4v) is 5.89. The molecule has 2 aliphatic rings. The molecule has 3 heterocycles. The fraction of sp³-hybridized carbons (Fsp3) is 0.370. The van der Waals surface area contributed by atoms with E-state index in [1.165, 1.54) is 15.6 Å². The van der Waals surface area contributed by atoms with Crippen molar-refractivity contribution in [3.63, 3.8) is 0 Å². The Kier molecular flexibility index (Phi) is 6.58. The van der Waals surface area contributed by atoms with E-state index in [4.69, 9.17) is 4.74 Å². The van der Waals surface area contributed by atoms with Crippen molar-refractivity contribution in [1.29, 1.82) is 0 Å². The number of benzene rings is 2. The maximum atomic E-state index is 13.0. The van der Waals surface area contributed by atoms with E-state index in [2.05, 4.69) is 48.3 Å². The van der Waals surface area contributed by atoms with Crippen LogP contribution in [0.4, 0.5) is 0 Å². The number of thiophene rings is 1. The maximum Gasteiger partial charge on any atom is 0.255 e. The zero-order valence-electron chi connectivity index (χ0n) is 20.0. The van der Waals surface area contributed by atoms with Gasteiger partial charge in [0.05, 0.1) is 6.54 Å². The number of hydrogen-bond acceptors (Lipinski definition) is 6. The van der Waals surface area contributed by atoms with Gasteiger partial charge in [0.1, 0.15) is 18.4 Å². The summed E-state index contributed by atoms with van der Waals surface area (Å²) in [6.45, 7) is 8.08. The predicted octanol–water partition coefficient (Wildman–Crippen LogP) is 4.08. The van der Waals surface area contributed by atoms with E-state index in [0.29, 0.717) is 30.9 Å². The maximum absolute atomic E-state index is 13.0. The van der Waals surface area contributed by atoms with Crippen LogP contribution in [-0.4, -0.2) is 46.7 Å². The van der Waals surface area contributed by atoms with Gasteiger partial charge in [0.25, 0.3) is 5.91 Å². The quantitative estimate of drug-likeness (QED) is 0.481. The molecule has 5 rings (SSSR count). The summed E-state index contributed by atoms with van der Waals surface area (Å²) in [5.41, 5.74) is 2.66. The van der Waals surface area contributed by atoms with Crippen LogP contribution < -0.4 is 10.1 Å². The van der Waals surface area contributed by atoms with Crippen molar-refractivity contribution in [2.45, 2.75) is 52.4 Å². The van der Waals surface area contributed by atoms with Gasteiger partial charge in [-0.15, -0.1) is 11.3 Å². The van der Waals surface area contributed by atoms with Gasteiger partial charge in [0.15, 0.2) is 0 Å². The first-order valence-corrected chi connectivity index (χ1v) is 12.9. The summed E-state index contributed by atoms with van der Waals surface area (Å²) < 4.78 is 7.43. The average molecular weight is 492 g/mol. The molecule has 2 aromatic carbocycles. The molecule has 0 radical (unpaired) electrons. The van der Waals surface area contributed by atoms with E-state index in [9.17, 15) is 14.4 Å². The third kappa shape index (κ3) is 4.68. The van der Waals surface area contributed by atoms with Gasteiger partial charge in [-0.05, 0) is 54.7 Å². The molecule has 0 saturated carbocycles. The highest BCUT2D eigenvalue weighted by Crippen LogP contribution is 2.35. The number of amides is 3. The highest BCUT2D eigenvalue weighted by Gasteiger charge is 2.40. The minimum Gasteiger partial charge on any atom is -0.488 e. The number of nitrogens with zero attached hydrogens (tertiary/aromatic N) is 2. The molecule has 182 valence electrons. The molecule has 3 amide bonds. The van der Waals surface area contributed by atoms with Gasteiger partial charge in [0.2, 0.25) is 11.8 Å². The average Bonchev–Trinajstić information content (AvgIpc) is 3.42. The third-order valence-corrected chi connectivity index (χ3v) is 7.92. The lowest BCUT2D eigenvalue weighted by molar-refractivity contribution is -0.136. The summed E-state index contributed by atoms with van der Waals surface area (Å²) in [7, 11) is 0. The Morgan fingerprint density at radius 1 is 1.11 bits per heavy atom. The molecular formula is C27H29N3O4S. The van der Waals surface area contributed by atoms with E-state index in [-0.39, 0.29) is 18.2 Å². The standard InChI is InChI=1S/C27H29N3O4S/c1-3-29(4-2)14-17-8-9-18-13-19(35-24(18)12-17)16-34-23-7-5-6-20-21(23)15-30(27(20)33)22-10-11-25(31)28-26(22)32/h5-9,12-13,22H,3-4,10-11,14-16H2,1-2H3,(H,28,31,32). The van der Waals surface area contributed by atoms with Crippen LogP contribution in [-0.2, 0) is 29.3 Å². The first-order chi connectivity index (χ1) is 17.0. The van der Waals surface area contributed by atoms with Crippen LogP contribution >= 0.6 is 11.3 Å². The third-order valence-electron chi connectivity index (χ3n) is 6.85. The van der Waals surface area contributed by atoms with Crippen molar-refractivity contribution in [3.8, 4) is 5.75 Å². The van der Waals surface area contributed by atoms with E-state index in [1.54, 1.807) is 22.3 Å². The first kappa shape index (κ1) is 23.5. The predicted molar refractivity (Wildman–Crippen MR) is 135 cm³/mol. The fourth-order valence-electron chi connectivity index (χ4n) is 4.85. The van der Waals surface area contributed by atoms with Crippen LogP contribution in [0.1, 0.15) is 53.1 Å². The smallest absolute Gasteiger partial charge is 0.255 e. The van der Waals surface area contributed by atoms with Crippen LogP contribution in [0.15, 0.2) is 42.5 Å².